The maximum Gasteiger partial charge on any atom is 2.00 e. The van der Waals surface area contributed by atoms with E-state index < -0.39 is 0 Å². The van der Waals surface area contributed by atoms with Gasteiger partial charge in [-0.1, -0.05) is 0 Å². The molecule has 0 fully saturated rings. The average Bonchev–Trinajstić information content (AvgIpc) is 0.918. The van der Waals surface area contributed by atoms with Gasteiger partial charge in [0, 0.05) is 37.7 Å². The second kappa shape index (κ2) is 48.9. The minimum absolute atomic E-state index is 0. The van der Waals surface area contributed by atoms with Crippen molar-refractivity contribution in [3.63, 3.8) is 0 Å². The zero-order valence-electron chi connectivity index (χ0n) is 5.39. The fourth-order valence-electron chi connectivity index (χ4n) is 0. The van der Waals surface area contributed by atoms with Crippen LogP contribution in [0.5, 0.6) is 0 Å². The molecule has 0 N–H and O–H groups in total. The van der Waals surface area contributed by atoms with Crippen LogP contribution in [0.1, 0.15) is 13.8 Å². The van der Waals surface area contributed by atoms with Gasteiger partial charge in [-0.3, -0.25) is 0 Å². The second-order valence-corrected chi connectivity index (χ2v) is 0.577. The van der Waals surface area contributed by atoms with Gasteiger partial charge in [0.1, 0.15) is 0 Å². The van der Waals surface area contributed by atoms with Gasteiger partial charge in [0.15, 0.2) is 0 Å². The third-order valence-corrected chi connectivity index (χ3v) is 0. The van der Waals surface area contributed by atoms with Gasteiger partial charge in [-0.15, -0.1) is 0 Å². The monoisotopic (exact) mass is 184 g/mol. The van der Waals surface area contributed by atoms with E-state index in [1.165, 1.54) is 0 Å². The SMILES string of the molecule is C[CH-]C.[Ar].[Cl-].[Cl-].[Li+].[Mg+2]. The van der Waals surface area contributed by atoms with Crippen molar-refractivity contribution in [3.8, 4) is 0 Å². The molecule has 8 heavy (non-hydrogen) atoms. The minimum Gasteiger partial charge on any atom is -1.00 e. The van der Waals surface area contributed by atoms with Crippen LogP contribution < -0.4 is 43.7 Å². The molecule has 0 aromatic carbocycles. The smallest absolute Gasteiger partial charge is 1.00 e. The Morgan fingerprint density at radius 3 is 1.00 bits per heavy atom. The van der Waals surface area contributed by atoms with Gasteiger partial charge in [-0.25, -0.2) is 0 Å². The fraction of sp³-hybridized carbons (Fsp3) is 0.667. The van der Waals surface area contributed by atoms with E-state index in [0.717, 1.165) is 0 Å². The number of halogens is 2. The van der Waals surface area contributed by atoms with Crippen molar-refractivity contribution in [1.82, 2.24) is 0 Å². The number of rotatable bonds is 0. The van der Waals surface area contributed by atoms with Crippen LogP contribution in [0, 0.1) is 44.2 Å². The van der Waals surface area contributed by atoms with Gasteiger partial charge in [0.2, 0.25) is 0 Å². The van der Waals surface area contributed by atoms with Crippen LogP contribution in [-0.4, -0.2) is 23.1 Å². The topological polar surface area (TPSA) is 0 Å². The molecule has 44 valence electrons. The van der Waals surface area contributed by atoms with Gasteiger partial charge in [-0.2, -0.15) is 13.8 Å². The molecule has 0 aliphatic heterocycles. The summed E-state index contributed by atoms with van der Waals surface area (Å²) in [5.41, 5.74) is 0. The van der Waals surface area contributed by atoms with Crippen molar-refractivity contribution >= 4 is 23.1 Å². The molecule has 0 nitrogen and oxygen atoms in total. The van der Waals surface area contributed by atoms with E-state index in [1.807, 2.05) is 20.3 Å². The molecular weight excluding hydrogens is 178 g/mol. The molecule has 0 aliphatic carbocycles. The zero-order chi connectivity index (χ0) is 2.71. The molecule has 0 aliphatic rings. The quantitative estimate of drug-likeness (QED) is 0.260. The van der Waals surface area contributed by atoms with Gasteiger partial charge in [-0.05, 0) is 0 Å². The van der Waals surface area contributed by atoms with E-state index in [2.05, 4.69) is 0 Å². The zero-order valence-corrected chi connectivity index (χ0v) is 9.03. The molecule has 0 amide bonds. The normalized spacial score (nSPS) is 2.25. The molecule has 0 rings (SSSR count). The van der Waals surface area contributed by atoms with Crippen LogP contribution >= 0.6 is 0 Å². The average molecular weight is 185 g/mol. The molecule has 5 heteroatoms. The van der Waals surface area contributed by atoms with E-state index in [-0.39, 0.29) is 104 Å². The minimum atomic E-state index is 0. The molecule has 0 saturated heterocycles. The third kappa shape index (κ3) is 60.4. The molecule has 0 bridgehead atoms. The summed E-state index contributed by atoms with van der Waals surface area (Å²) in [4.78, 5) is 0. The predicted molar refractivity (Wildman–Crippen MR) is 21.4 cm³/mol. The molecule has 0 aromatic heterocycles. The van der Waals surface area contributed by atoms with Crippen molar-refractivity contribution in [1.29, 1.82) is 0 Å². The van der Waals surface area contributed by atoms with Crippen LogP contribution in [0.2, 0.25) is 0 Å². The Bertz CT molecular complexity index is 17.2. The van der Waals surface area contributed by atoms with E-state index in [9.17, 15) is 0 Å². The Hall–Kier alpha value is 3.20. The fourth-order valence-corrected chi connectivity index (χ4v) is 0. The first-order valence-corrected chi connectivity index (χ1v) is 1.15. The summed E-state index contributed by atoms with van der Waals surface area (Å²) in [5, 5.41) is 0. The van der Waals surface area contributed by atoms with Gasteiger partial charge in [0.05, 0.1) is 0 Å². The van der Waals surface area contributed by atoms with Crippen LogP contribution in [0.3, 0.4) is 0 Å². The van der Waals surface area contributed by atoms with E-state index in [4.69, 9.17) is 0 Å². The van der Waals surface area contributed by atoms with Crippen molar-refractivity contribution in [2.45, 2.75) is 13.8 Å². The Morgan fingerprint density at radius 1 is 1.00 bits per heavy atom. The molecule has 0 atom stereocenters. The summed E-state index contributed by atoms with van der Waals surface area (Å²) >= 11 is 0. The largest absolute Gasteiger partial charge is 2.00 e. The van der Waals surface area contributed by atoms with Gasteiger partial charge < -0.3 is 31.2 Å². The molecule has 0 radical (unpaired) electrons. The van der Waals surface area contributed by atoms with Gasteiger partial charge >= 0.3 is 41.9 Å². The Labute approximate surface area is 122 Å². The van der Waals surface area contributed by atoms with Crippen molar-refractivity contribution in [3.05, 3.63) is 6.42 Å². The third-order valence-electron chi connectivity index (χ3n) is 0. The molecule has 0 spiro atoms. The predicted octanol–water partition coefficient (Wildman–Crippen LogP) is -8.14. The van der Waals surface area contributed by atoms with Crippen molar-refractivity contribution < 1.29 is 81.4 Å². The molecule has 0 aromatic rings. The standard InChI is InChI=1S/C3H7.Ar.2ClH.Li.Mg/c1-3-2;;;;;/h3H,1-2H3;;2*1H;;/q-1;;;;+1;+2/p-2. The van der Waals surface area contributed by atoms with Crippen molar-refractivity contribution in [2.24, 2.45) is 0 Å². The summed E-state index contributed by atoms with van der Waals surface area (Å²) in [6.07, 6.45) is 2.00. The molecule has 0 heterocycles. The molecule has 0 unspecified atom stereocenters. The Morgan fingerprint density at radius 2 is 1.00 bits per heavy atom. The van der Waals surface area contributed by atoms with Crippen molar-refractivity contribution in [2.75, 3.05) is 0 Å². The van der Waals surface area contributed by atoms with Crippen LogP contribution in [0.25, 0.3) is 0 Å². The summed E-state index contributed by atoms with van der Waals surface area (Å²) < 4.78 is 0. The summed E-state index contributed by atoms with van der Waals surface area (Å²) in [5.74, 6) is 0. The summed E-state index contributed by atoms with van der Waals surface area (Å²) in [6, 6.07) is 0. The summed E-state index contributed by atoms with van der Waals surface area (Å²) in [7, 11) is 0. The van der Waals surface area contributed by atoms with Crippen LogP contribution in [-0.2, 0) is 0 Å². The van der Waals surface area contributed by atoms with Crippen LogP contribution in [0.15, 0.2) is 0 Å². The second-order valence-electron chi connectivity index (χ2n) is 0.577. The van der Waals surface area contributed by atoms with E-state index in [1.54, 1.807) is 0 Å². The van der Waals surface area contributed by atoms with Gasteiger partial charge in [0.25, 0.3) is 0 Å². The first-order chi connectivity index (χ1) is 1.41. The Kier molecular flexibility index (Phi) is 263. The number of hydrogen-bond donors (Lipinski definition) is 0. The first kappa shape index (κ1) is 43.1. The van der Waals surface area contributed by atoms with E-state index >= 15 is 0 Å². The van der Waals surface area contributed by atoms with Crippen LogP contribution in [0.4, 0.5) is 0 Å². The first-order valence-electron chi connectivity index (χ1n) is 1.15. The maximum absolute atomic E-state index is 2.00. The van der Waals surface area contributed by atoms with E-state index in [0.29, 0.717) is 0 Å². The molecular formula is C3H7ArCl2LiMg. The maximum atomic E-state index is 2.00. The summed E-state index contributed by atoms with van der Waals surface area (Å²) in [6.45, 7) is 4.00. The number of hydrogen-bond acceptors (Lipinski definition) is 0. The molecule has 0 saturated carbocycles. The Balaban J connectivity index is -0.00000000200.